The zero-order valence-corrected chi connectivity index (χ0v) is 20.6. The predicted molar refractivity (Wildman–Crippen MR) is 133 cm³/mol. The highest BCUT2D eigenvalue weighted by Gasteiger charge is 2.18. The van der Waals surface area contributed by atoms with Crippen LogP contribution in [0.2, 0.25) is 0 Å². The average Bonchev–Trinajstić information content (AvgIpc) is 2.82. The first kappa shape index (κ1) is 25.3. The molecule has 0 aromatic heterocycles. The van der Waals surface area contributed by atoms with E-state index in [1.165, 1.54) is 19.2 Å². The summed E-state index contributed by atoms with van der Waals surface area (Å²) in [5.74, 6) is 0.280. The molecule has 3 aromatic rings. The third-order valence-electron chi connectivity index (χ3n) is 5.17. The van der Waals surface area contributed by atoms with Gasteiger partial charge in [0.25, 0.3) is 15.9 Å². The molecule has 7 nitrogen and oxygen atoms in total. The number of anilines is 1. The molecule has 0 saturated heterocycles. The van der Waals surface area contributed by atoms with Crippen LogP contribution in [-0.4, -0.2) is 27.5 Å². The smallest absolute Gasteiger partial charge is 0.261 e. The summed E-state index contributed by atoms with van der Waals surface area (Å²) in [4.78, 5) is 12.8. The second-order valence-electron chi connectivity index (χ2n) is 8.17. The van der Waals surface area contributed by atoms with Crippen LogP contribution in [0.25, 0.3) is 0 Å². The summed E-state index contributed by atoms with van der Waals surface area (Å²) in [5, 5.41) is 2.87. The van der Waals surface area contributed by atoms with Gasteiger partial charge in [0.1, 0.15) is 5.75 Å². The monoisotopic (exact) mass is 482 g/mol. The third kappa shape index (κ3) is 6.82. The predicted octanol–water partition coefficient (Wildman–Crippen LogP) is 4.66. The molecule has 34 heavy (non-hydrogen) atoms. The number of hydrogen-bond acceptors (Lipinski definition) is 5. The van der Waals surface area contributed by atoms with Crippen molar-refractivity contribution in [2.45, 2.75) is 44.9 Å². The fourth-order valence-corrected chi connectivity index (χ4v) is 4.26. The van der Waals surface area contributed by atoms with E-state index in [0.717, 1.165) is 11.1 Å². The van der Waals surface area contributed by atoms with Crippen LogP contribution in [0.5, 0.6) is 5.75 Å². The number of carbonyl (C=O) groups excluding carboxylic acids is 1. The number of methoxy groups -OCH3 is 1. The lowest BCUT2D eigenvalue weighted by Gasteiger charge is -2.12. The second kappa shape index (κ2) is 11.2. The molecule has 0 spiro atoms. The van der Waals surface area contributed by atoms with E-state index in [0.29, 0.717) is 35.7 Å². The Hall–Kier alpha value is -3.36. The summed E-state index contributed by atoms with van der Waals surface area (Å²) in [5.41, 5.74) is 3.38. The second-order valence-corrected chi connectivity index (χ2v) is 9.85. The van der Waals surface area contributed by atoms with E-state index in [9.17, 15) is 13.2 Å². The molecule has 0 fully saturated rings. The van der Waals surface area contributed by atoms with Gasteiger partial charge in [0.15, 0.2) is 0 Å². The van der Waals surface area contributed by atoms with Crippen LogP contribution in [0.4, 0.5) is 5.69 Å². The molecule has 0 atom stereocenters. The number of nitrogens with one attached hydrogen (secondary N) is 2. The van der Waals surface area contributed by atoms with Crippen LogP contribution in [0.15, 0.2) is 71.6 Å². The van der Waals surface area contributed by atoms with Gasteiger partial charge >= 0.3 is 0 Å². The number of hydrogen-bond donors (Lipinski definition) is 2. The van der Waals surface area contributed by atoms with Crippen molar-refractivity contribution in [1.82, 2.24) is 5.32 Å². The molecule has 0 bridgehead atoms. The number of ether oxygens (including phenoxy) is 2. The molecule has 0 radical (unpaired) electrons. The molecule has 0 aliphatic carbocycles. The lowest BCUT2D eigenvalue weighted by molar-refractivity contribution is 0.0657. The van der Waals surface area contributed by atoms with Gasteiger partial charge in [-0.25, -0.2) is 8.42 Å². The number of rotatable bonds is 10. The first-order valence-corrected chi connectivity index (χ1v) is 12.4. The summed E-state index contributed by atoms with van der Waals surface area (Å²) in [7, 11) is -2.33. The first-order chi connectivity index (χ1) is 16.2. The average molecular weight is 483 g/mol. The molecule has 3 aromatic carbocycles. The maximum atomic E-state index is 12.9. The Morgan fingerprint density at radius 2 is 1.59 bits per heavy atom. The number of benzene rings is 3. The largest absolute Gasteiger partial charge is 0.497 e. The Bertz CT molecular complexity index is 1220. The number of amides is 1. The molecule has 8 heteroatoms. The van der Waals surface area contributed by atoms with E-state index >= 15 is 0 Å². The van der Waals surface area contributed by atoms with E-state index < -0.39 is 10.0 Å². The molecule has 0 saturated carbocycles. The minimum absolute atomic E-state index is 0.00794. The van der Waals surface area contributed by atoms with Crippen LogP contribution in [-0.2, 0) is 27.9 Å². The molecular weight excluding hydrogens is 452 g/mol. The van der Waals surface area contributed by atoms with Crippen molar-refractivity contribution in [1.29, 1.82) is 0 Å². The van der Waals surface area contributed by atoms with Crippen molar-refractivity contribution in [3.63, 3.8) is 0 Å². The maximum absolute atomic E-state index is 12.9. The van der Waals surface area contributed by atoms with Gasteiger partial charge in [0.2, 0.25) is 0 Å². The standard InChI is InChI=1S/C26H30N2O5S/c1-18(2)33-17-21-8-6-20(7-9-21)16-27-26(29)25-15-24(14-5-19(25)3)34(30,31)28-22-10-12-23(32-4)13-11-22/h5-15,18,28H,16-17H2,1-4H3,(H,27,29). The topological polar surface area (TPSA) is 93.7 Å². The summed E-state index contributed by atoms with van der Waals surface area (Å²) < 4.78 is 38.9. The quantitative estimate of drug-likeness (QED) is 0.438. The Morgan fingerprint density at radius 1 is 0.941 bits per heavy atom. The Balaban J connectivity index is 1.68. The maximum Gasteiger partial charge on any atom is 0.261 e. The number of carbonyl (C=O) groups is 1. The van der Waals surface area contributed by atoms with Gasteiger partial charge in [0, 0.05) is 17.8 Å². The Kier molecular flexibility index (Phi) is 8.31. The van der Waals surface area contributed by atoms with E-state index in [1.807, 2.05) is 38.1 Å². The molecule has 1 amide bonds. The van der Waals surface area contributed by atoms with Crippen LogP contribution >= 0.6 is 0 Å². The molecule has 2 N–H and O–H groups in total. The lowest BCUT2D eigenvalue weighted by Crippen LogP contribution is -2.24. The van der Waals surface area contributed by atoms with Gasteiger partial charge in [0.05, 0.1) is 24.7 Å². The summed E-state index contributed by atoms with van der Waals surface area (Å²) in [6.45, 7) is 6.61. The number of aryl methyl sites for hydroxylation is 1. The van der Waals surface area contributed by atoms with Crippen molar-refractivity contribution in [3.05, 3.63) is 89.0 Å². The van der Waals surface area contributed by atoms with Crippen molar-refractivity contribution in [2.24, 2.45) is 0 Å². The van der Waals surface area contributed by atoms with Crippen LogP contribution in [0.1, 0.15) is 40.9 Å². The molecule has 180 valence electrons. The van der Waals surface area contributed by atoms with Crippen LogP contribution < -0.4 is 14.8 Å². The fraction of sp³-hybridized carbons (Fsp3) is 0.269. The van der Waals surface area contributed by atoms with E-state index in [4.69, 9.17) is 9.47 Å². The molecular formula is C26H30N2O5S. The highest BCUT2D eigenvalue weighted by atomic mass is 32.2. The van der Waals surface area contributed by atoms with Crippen LogP contribution in [0, 0.1) is 6.92 Å². The van der Waals surface area contributed by atoms with Gasteiger partial charge in [-0.15, -0.1) is 0 Å². The van der Waals surface area contributed by atoms with E-state index in [1.54, 1.807) is 37.3 Å². The normalized spacial score (nSPS) is 11.3. The van der Waals surface area contributed by atoms with Crippen LogP contribution in [0.3, 0.4) is 0 Å². The van der Waals surface area contributed by atoms with E-state index in [2.05, 4.69) is 10.0 Å². The SMILES string of the molecule is COc1ccc(NS(=O)(=O)c2ccc(C)c(C(=O)NCc3ccc(COC(C)C)cc3)c2)cc1. The first-order valence-electron chi connectivity index (χ1n) is 10.9. The molecule has 0 aliphatic heterocycles. The number of sulfonamides is 1. The van der Waals surface area contributed by atoms with Gasteiger partial charge < -0.3 is 14.8 Å². The molecule has 0 aliphatic rings. The van der Waals surface area contributed by atoms with Gasteiger partial charge in [-0.2, -0.15) is 0 Å². The fourth-order valence-electron chi connectivity index (χ4n) is 3.18. The Labute approximate surface area is 201 Å². The minimum atomic E-state index is -3.87. The Morgan fingerprint density at radius 3 is 2.21 bits per heavy atom. The molecule has 3 rings (SSSR count). The van der Waals surface area contributed by atoms with Gasteiger partial charge in [-0.1, -0.05) is 30.3 Å². The van der Waals surface area contributed by atoms with Gasteiger partial charge in [-0.3, -0.25) is 9.52 Å². The lowest BCUT2D eigenvalue weighted by atomic mass is 10.1. The molecule has 0 unspecified atom stereocenters. The van der Waals surface area contributed by atoms with Crippen molar-refractivity contribution >= 4 is 21.6 Å². The summed E-state index contributed by atoms with van der Waals surface area (Å²) >= 11 is 0. The third-order valence-corrected chi connectivity index (χ3v) is 6.54. The van der Waals surface area contributed by atoms with Crippen molar-refractivity contribution in [2.75, 3.05) is 11.8 Å². The highest BCUT2D eigenvalue weighted by molar-refractivity contribution is 7.92. The molecule has 0 heterocycles. The minimum Gasteiger partial charge on any atom is -0.497 e. The van der Waals surface area contributed by atoms with Gasteiger partial charge in [-0.05, 0) is 73.9 Å². The summed E-state index contributed by atoms with van der Waals surface area (Å²) in [6.07, 6.45) is 0.160. The van der Waals surface area contributed by atoms with Crippen molar-refractivity contribution in [3.8, 4) is 5.75 Å². The zero-order valence-electron chi connectivity index (χ0n) is 19.8. The summed E-state index contributed by atoms with van der Waals surface area (Å²) in [6, 6.07) is 18.8. The highest BCUT2D eigenvalue weighted by Crippen LogP contribution is 2.21. The van der Waals surface area contributed by atoms with Crippen molar-refractivity contribution < 1.29 is 22.7 Å². The zero-order chi connectivity index (χ0) is 24.7. The van der Waals surface area contributed by atoms with E-state index in [-0.39, 0.29) is 16.9 Å².